The molecule has 8 heteroatoms. The van der Waals surface area contributed by atoms with Crippen LogP contribution >= 0.6 is 0 Å². The van der Waals surface area contributed by atoms with Gasteiger partial charge in [-0.2, -0.15) is 0 Å². The molecule has 1 amide bonds. The van der Waals surface area contributed by atoms with Gasteiger partial charge in [0.05, 0.1) is 17.1 Å². The third kappa shape index (κ3) is 3.15. The van der Waals surface area contributed by atoms with E-state index in [0.29, 0.717) is 11.5 Å². The maximum absolute atomic E-state index is 12.3. The van der Waals surface area contributed by atoms with Crippen molar-refractivity contribution in [2.75, 3.05) is 5.32 Å². The molecular weight excluding hydrogens is 348 g/mol. The molecule has 0 spiro atoms. The summed E-state index contributed by atoms with van der Waals surface area (Å²) in [5, 5.41) is 13.4. The molecule has 0 aliphatic rings. The highest BCUT2D eigenvalue weighted by Gasteiger charge is 2.18. The van der Waals surface area contributed by atoms with Crippen LogP contribution in [0.2, 0.25) is 0 Å². The maximum Gasteiger partial charge on any atom is 0.433 e. The number of anilines is 1. The normalized spacial score (nSPS) is 10.9. The Bertz CT molecular complexity index is 1140. The molecular formula is C19H14N4O4. The van der Waals surface area contributed by atoms with Crippen molar-refractivity contribution >= 4 is 28.5 Å². The monoisotopic (exact) mass is 362 g/mol. The van der Waals surface area contributed by atoms with Crippen LogP contribution in [0, 0.1) is 17.0 Å². The van der Waals surface area contributed by atoms with Crippen LogP contribution in [0.25, 0.3) is 22.4 Å². The van der Waals surface area contributed by atoms with Crippen LogP contribution in [0.1, 0.15) is 16.1 Å². The number of nitrogens with zero attached hydrogens (tertiary/aromatic N) is 2. The van der Waals surface area contributed by atoms with Gasteiger partial charge in [-0.1, -0.05) is 24.3 Å². The molecule has 0 radical (unpaired) electrons. The van der Waals surface area contributed by atoms with Crippen LogP contribution in [0.15, 0.2) is 59.0 Å². The van der Waals surface area contributed by atoms with Crippen molar-refractivity contribution < 1.29 is 14.1 Å². The molecule has 4 rings (SSSR count). The van der Waals surface area contributed by atoms with E-state index in [0.717, 1.165) is 28.2 Å². The summed E-state index contributed by atoms with van der Waals surface area (Å²) in [5.41, 5.74) is 3.97. The van der Waals surface area contributed by atoms with Crippen molar-refractivity contribution in [2.24, 2.45) is 0 Å². The average Bonchev–Trinajstić information content (AvgIpc) is 3.30. The SMILES string of the molecule is Cc1ccc(-c2nc3ccccc3[nH]2)cc1NC(=O)c1ccc([N+](=O)[O-])o1. The Morgan fingerprint density at radius 2 is 2.00 bits per heavy atom. The largest absolute Gasteiger partial charge is 0.433 e. The number of aromatic nitrogens is 2. The third-order valence-corrected chi connectivity index (χ3v) is 4.14. The summed E-state index contributed by atoms with van der Waals surface area (Å²) in [5.74, 6) is -0.489. The molecule has 2 aromatic heterocycles. The first-order valence-electron chi connectivity index (χ1n) is 8.12. The summed E-state index contributed by atoms with van der Waals surface area (Å²) >= 11 is 0. The first-order chi connectivity index (χ1) is 13.0. The summed E-state index contributed by atoms with van der Waals surface area (Å²) in [6, 6.07) is 15.7. The fraction of sp³-hybridized carbons (Fsp3) is 0.0526. The molecule has 0 saturated carbocycles. The number of carbonyl (C=O) groups is 1. The maximum atomic E-state index is 12.3. The van der Waals surface area contributed by atoms with Crippen LogP contribution in [0.5, 0.6) is 0 Å². The first-order valence-corrected chi connectivity index (χ1v) is 8.12. The number of hydrogen-bond donors (Lipinski definition) is 2. The van der Waals surface area contributed by atoms with Gasteiger partial charge in [-0.3, -0.25) is 14.9 Å². The van der Waals surface area contributed by atoms with Gasteiger partial charge in [-0.05, 0) is 36.8 Å². The minimum Gasteiger partial charge on any atom is -0.395 e. The fourth-order valence-corrected chi connectivity index (χ4v) is 2.73. The Labute approximate surface area is 153 Å². The predicted octanol–water partition coefficient (Wildman–Crippen LogP) is 4.29. The van der Waals surface area contributed by atoms with E-state index in [2.05, 4.69) is 15.3 Å². The second-order valence-corrected chi connectivity index (χ2v) is 5.98. The molecule has 8 nitrogen and oxygen atoms in total. The van der Waals surface area contributed by atoms with Gasteiger partial charge in [0.1, 0.15) is 10.7 Å². The Balaban J connectivity index is 1.63. The van der Waals surface area contributed by atoms with Crippen molar-refractivity contribution in [1.82, 2.24) is 9.97 Å². The number of carbonyl (C=O) groups excluding carboxylic acids is 1. The lowest BCUT2D eigenvalue weighted by Gasteiger charge is -2.08. The van der Waals surface area contributed by atoms with E-state index in [-0.39, 0.29) is 5.76 Å². The zero-order valence-corrected chi connectivity index (χ0v) is 14.2. The summed E-state index contributed by atoms with van der Waals surface area (Å²) in [6.07, 6.45) is 0. The molecule has 2 N–H and O–H groups in total. The smallest absolute Gasteiger partial charge is 0.395 e. The number of aryl methyl sites for hydroxylation is 1. The lowest BCUT2D eigenvalue weighted by molar-refractivity contribution is -0.402. The van der Waals surface area contributed by atoms with Crippen molar-refractivity contribution in [3.8, 4) is 11.4 Å². The van der Waals surface area contributed by atoms with Gasteiger partial charge >= 0.3 is 5.88 Å². The van der Waals surface area contributed by atoms with Gasteiger partial charge in [0.15, 0.2) is 5.76 Å². The number of furan rings is 1. The summed E-state index contributed by atoms with van der Waals surface area (Å²) < 4.78 is 4.94. The van der Waals surface area contributed by atoms with E-state index in [1.165, 1.54) is 6.07 Å². The number of aromatic amines is 1. The van der Waals surface area contributed by atoms with E-state index < -0.39 is 16.7 Å². The van der Waals surface area contributed by atoms with Crippen molar-refractivity contribution in [1.29, 1.82) is 0 Å². The Hall–Kier alpha value is -3.94. The number of amides is 1. The van der Waals surface area contributed by atoms with Gasteiger partial charge in [0, 0.05) is 11.3 Å². The van der Waals surface area contributed by atoms with Crippen LogP contribution < -0.4 is 5.32 Å². The number of benzene rings is 2. The van der Waals surface area contributed by atoms with E-state index >= 15 is 0 Å². The number of imidazole rings is 1. The molecule has 0 aliphatic carbocycles. The number of hydrogen-bond acceptors (Lipinski definition) is 5. The van der Waals surface area contributed by atoms with Crippen LogP contribution in [-0.4, -0.2) is 20.8 Å². The Kier molecular flexibility index (Phi) is 3.92. The number of H-pyrrole nitrogens is 1. The average molecular weight is 362 g/mol. The second kappa shape index (κ2) is 6.41. The minimum atomic E-state index is -0.690. The molecule has 2 heterocycles. The van der Waals surface area contributed by atoms with Crippen molar-refractivity contribution in [3.63, 3.8) is 0 Å². The highest BCUT2D eigenvalue weighted by Crippen LogP contribution is 2.26. The van der Waals surface area contributed by atoms with Crippen LogP contribution in [0.4, 0.5) is 11.6 Å². The number of nitrogens with one attached hydrogen (secondary N) is 2. The summed E-state index contributed by atoms with van der Waals surface area (Å²) in [4.78, 5) is 30.1. The molecule has 0 bridgehead atoms. The molecule has 0 unspecified atom stereocenters. The minimum absolute atomic E-state index is 0.129. The first kappa shape index (κ1) is 16.5. The molecule has 0 fully saturated rings. The van der Waals surface area contributed by atoms with E-state index in [9.17, 15) is 14.9 Å². The van der Waals surface area contributed by atoms with Crippen LogP contribution in [0.3, 0.4) is 0 Å². The van der Waals surface area contributed by atoms with E-state index in [1.54, 1.807) is 6.07 Å². The molecule has 27 heavy (non-hydrogen) atoms. The van der Waals surface area contributed by atoms with Crippen molar-refractivity contribution in [3.05, 3.63) is 76.0 Å². The standard InChI is InChI=1S/C19H14N4O4/c1-11-6-7-12(18-20-13-4-2-3-5-14(13)21-18)10-15(11)22-19(24)16-8-9-17(27-16)23(25)26/h2-10H,1H3,(H,20,21)(H,22,24). The molecule has 4 aromatic rings. The molecule has 134 valence electrons. The Morgan fingerprint density at radius 3 is 2.74 bits per heavy atom. The number of fused-ring (bicyclic) bond motifs is 1. The fourth-order valence-electron chi connectivity index (χ4n) is 2.73. The van der Waals surface area contributed by atoms with Gasteiger partial charge in [0.2, 0.25) is 0 Å². The number of nitro groups is 1. The molecule has 0 atom stereocenters. The predicted molar refractivity (Wildman–Crippen MR) is 99.6 cm³/mol. The summed E-state index contributed by atoms with van der Waals surface area (Å²) in [6.45, 7) is 1.85. The topological polar surface area (TPSA) is 114 Å². The molecule has 2 aromatic carbocycles. The van der Waals surface area contributed by atoms with Gasteiger partial charge < -0.3 is 14.7 Å². The lowest BCUT2D eigenvalue weighted by atomic mass is 10.1. The van der Waals surface area contributed by atoms with Gasteiger partial charge in [-0.15, -0.1) is 0 Å². The molecule has 0 aliphatic heterocycles. The van der Waals surface area contributed by atoms with Gasteiger partial charge in [-0.25, -0.2) is 4.98 Å². The highest BCUT2D eigenvalue weighted by atomic mass is 16.6. The van der Waals surface area contributed by atoms with Crippen molar-refractivity contribution in [2.45, 2.75) is 6.92 Å². The summed E-state index contributed by atoms with van der Waals surface area (Å²) in [7, 11) is 0. The zero-order valence-electron chi connectivity index (χ0n) is 14.2. The number of para-hydroxylation sites is 2. The van der Waals surface area contributed by atoms with Gasteiger partial charge in [0.25, 0.3) is 5.91 Å². The van der Waals surface area contributed by atoms with E-state index in [1.807, 2.05) is 43.3 Å². The van der Waals surface area contributed by atoms with E-state index in [4.69, 9.17) is 4.42 Å². The highest BCUT2D eigenvalue weighted by molar-refractivity contribution is 6.03. The molecule has 0 saturated heterocycles. The quantitative estimate of drug-likeness (QED) is 0.415. The zero-order chi connectivity index (χ0) is 19.0. The number of rotatable bonds is 4. The second-order valence-electron chi connectivity index (χ2n) is 5.98. The van der Waals surface area contributed by atoms with Crippen LogP contribution in [-0.2, 0) is 0 Å². The third-order valence-electron chi connectivity index (χ3n) is 4.14. The lowest BCUT2D eigenvalue weighted by Crippen LogP contribution is -2.12. The Morgan fingerprint density at radius 1 is 1.19 bits per heavy atom.